The zero-order valence-corrected chi connectivity index (χ0v) is 12.4. The monoisotopic (exact) mass is 297 g/mol. The molecule has 106 valence electrons. The van der Waals surface area contributed by atoms with Gasteiger partial charge >= 0.3 is 0 Å². The molecule has 1 aliphatic heterocycles. The molecular formula is C16H15N3OS. The van der Waals surface area contributed by atoms with Crippen LogP contribution in [0.1, 0.15) is 5.56 Å². The fourth-order valence-corrected chi connectivity index (χ4v) is 2.39. The number of rotatable bonds is 3. The van der Waals surface area contributed by atoms with Gasteiger partial charge in [-0.1, -0.05) is 30.3 Å². The maximum absolute atomic E-state index is 5.45. The van der Waals surface area contributed by atoms with E-state index in [9.17, 15) is 0 Å². The molecule has 0 atom stereocenters. The Morgan fingerprint density at radius 3 is 2.43 bits per heavy atom. The highest BCUT2D eigenvalue weighted by Gasteiger charge is 2.19. The number of benzene rings is 2. The fraction of sp³-hybridized carbons (Fsp3) is 0.125. The predicted molar refractivity (Wildman–Crippen MR) is 89.1 cm³/mol. The van der Waals surface area contributed by atoms with E-state index >= 15 is 0 Å². The van der Waals surface area contributed by atoms with Gasteiger partial charge in [-0.25, -0.2) is 4.99 Å². The zero-order chi connectivity index (χ0) is 14.7. The van der Waals surface area contributed by atoms with E-state index in [1.165, 1.54) is 0 Å². The lowest BCUT2D eigenvalue weighted by atomic mass is 10.2. The number of thiocarbonyl (C=S) groups is 1. The van der Waals surface area contributed by atoms with Crippen LogP contribution in [0.5, 0.6) is 5.75 Å². The Balaban J connectivity index is 1.81. The number of hydrogen-bond donors (Lipinski definition) is 1. The molecule has 0 aliphatic carbocycles. The summed E-state index contributed by atoms with van der Waals surface area (Å²) in [5, 5.41) is 3.83. The number of nitrogens with zero attached hydrogens (tertiary/aromatic N) is 2. The van der Waals surface area contributed by atoms with Crippen LogP contribution in [0.2, 0.25) is 0 Å². The lowest BCUT2D eigenvalue weighted by molar-refractivity contribution is 0.415. The Kier molecular flexibility index (Phi) is 3.83. The standard InChI is InChI=1S/C16H15N3OS/c1-20-14-9-7-13(8-10-14)19-11-17-15(18-16(19)21)12-5-3-2-4-6-12/h2-10H,11H2,1H3,(H,17,18,21). The van der Waals surface area contributed by atoms with Crippen molar-refractivity contribution in [2.75, 3.05) is 18.7 Å². The number of nitrogens with one attached hydrogen (secondary N) is 1. The van der Waals surface area contributed by atoms with Gasteiger partial charge in [-0.15, -0.1) is 0 Å². The van der Waals surface area contributed by atoms with Gasteiger partial charge in [0.1, 0.15) is 18.3 Å². The highest BCUT2D eigenvalue weighted by molar-refractivity contribution is 7.80. The van der Waals surface area contributed by atoms with Crippen molar-refractivity contribution < 1.29 is 4.74 Å². The fourth-order valence-electron chi connectivity index (χ4n) is 2.13. The van der Waals surface area contributed by atoms with E-state index in [4.69, 9.17) is 17.0 Å². The second-order valence-electron chi connectivity index (χ2n) is 4.57. The van der Waals surface area contributed by atoms with Crippen LogP contribution < -0.4 is 15.0 Å². The number of methoxy groups -OCH3 is 1. The molecule has 0 fully saturated rings. The van der Waals surface area contributed by atoms with Crippen LogP contribution in [-0.2, 0) is 0 Å². The van der Waals surface area contributed by atoms with Gasteiger partial charge in [0.2, 0.25) is 0 Å². The quantitative estimate of drug-likeness (QED) is 0.884. The molecule has 0 bridgehead atoms. The SMILES string of the molecule is COc1ccc(N2CN=C(c3ccccc3)NC2=S)cc1. The van der Waals surface area contributed by atoms with E-state index < -0.39 is 0 Å². The van der Waals surface area contributed by atoms with Crippen LogP contribution in [0, 0.1) is 0 Å². The van der Waals surface area contributed by atoms with Gasteiger partial charge in [-0.2, -0.15) is 0 Å². The van der Waals surface area contributed by atoms with Gasteiger partial charge in [0.05, 0.1) is 7.11 Å². The second kappa shape index (κ2) is 5.93. The van der Waals surface area contributed by atoms with Crippen LogP contribution >= 0.6 is 12.2 Å². The van der Waals surface area contributed by atoms with Crippen molar-refractivity contribution in [3.05, 3.63) is 60.2 Å². The number of anilines is 1. The second-order valence-corrected chi connectivity index (χ2v) is 4.96. The molecule has 2 aromatic carbocycles. The molecule has 0 saturated carbocycles. The van der Waals surface area contributed by atoms with Crippen molar-refractivity contribution in [3.63, 3.8) is 0 Å². The molecule has 1 heterocycles. The van der Waals surface area contributed by atoms with E-state index in [2.05, 4.69) is 10.3 Å². The number of aliphatic imine (C=N–C) groups is 1. The summed E-state index contributed by atoms with van der Waals surface area (Å²) in [6.45, 7) is 0.502. The number of amidine groups is 1. The maximum Gasteiger partial charge on any atom is 0.180 e. The number of hydrogen-bond acceptors (Lipinski definition) is 3. The Morgan fingerprint density at radius 2 is 1.81 bits per heavy atom. The lowest BCUT2D eigenvalue weighted by Crippen LogP contribution is -2.47. The van der Waals surface area contributed by atoms with Gasteiger partial charge in [-0.3, -0.25) is 4.90 Å². The molecule has 0 spiro atoms. The normalized spacial score (nSPS) is 14.4. The van der Waals surface area contributed by atoms with Crippen molar-refractivity contribution in [2.45, 2.75) is 0 Å². The third-order valence-electron chi connectivity index (χ3n) is 3.27. The van der Waals surface area contributed by atoms with Gasteiger partial charge < -0.3 is 10.1 Å². The van der Waals surface area contributed by atoms with Gasteiger partial charge in [0.25, 0.3) is 0 Å². The summed E-state index contributed by atoms with van der Waals surface area (Å²) in [7, 11) is 1.65. The van der Waals surface area contributed by atoms with E-state index in [-0.39, 0.29) is 0 Å². The van der Waals surface area contributed by atoms with Crippen molar-refractivity contribution in [1.29, 1.82) is 0 Å². The minimum atomic E-state index is 0.502. The van der Waals surface area contributed by atoms with Crippen LogP contribution in [0.4, 0.5) is 5.69 Å². The third kappa shape index (κ3) is 2.87. The van der Waals surface area contributed by atoms with Gasteiger partial charge in [-0.05, 0) is 36.5 Å². The van der Waals surface area contributed by atoms with E-state index in [1.54, 1.807) is 7.11 Å². The molecule has 21 heavy (non-hydrogen) atoms. The van der Waals surface area contributed by atoms with Gasteiger partial charge in [0.15, 0.2) is 5.11 Å². The Bertz CT molecular complexity index is 668. The van der Waals surface area contributed by atoms with Crippen LogP contribution in [-0.4, -0.2) is 24.7 Å². The van der Waals surface area contributed by atoms with E-state index in [0.717, 1.165) is 22.8 Å². The molecule has 1 N–H and O–H groups in total. The first-order valence-corrected chi connectivity index (χ1v) is 7.01. The van der Waals surface area contributed by atoms with E-state index in [1.807, 2.05) is 59.5 Å². The predicted octanol–water partition coefficient (Wildman–Crippen LogP) is 2.79. The average molecular weight is 297 g/mol. The molecule has 0 radical (unpaired) electrons. The highest BCUT2D eigenvalue weighted by Crippen LogP contribution is 2.20. The summed E-state index contributed by atoms with van der Waals surface area (Å²) in [5.41, 5.74) is 2.03. The summed E-state index contributed by atoms with van der Waals surface area (Å²) in [5.74, 6) is 1.63. The summed E-state index contributed by atoms with van der Waals surface area (Å²) in [4.78, 5) is 6.51. The Hall–Kier alpha value is -2.40. The third-order valence-corrected chi connectivity index (χ3v) is 3.59. The molecule has 0 saturated heterocycles. The molecule has 0 unspecified atom stereocenters. The van der Waals surface area contributed by atoms with Crippen molar-refractivity contribution in [2.24, 2.45) is 4.99 Å². The first-order valence-electron chi connectivity index (χ1n) is 6.60. The zero-order valence-electron chi connectivity index (χ0n) is 11.6. The molecular weight excluding hydrogens is 282 g/mol. The largest absolute Gasteiger partial charge is 0.497 e. The van der Waals surface area contributed by atoms with Crippen molar-refractivity contribution in [1.82, 2.24) is 5.32 Å². The molecule has 4 nitrogen and oxygen atoms in total. The molecule has 5 heteroatoms. The highest BCUT2D eigenvalue weighted by atomic mass is 32.1. The molecule has 3 rings (SSSR count). The van der Waals surface area contributed by atoms with Gasteiger partial charge in [0, 0.05) is 11.3 Å². The molecule has 2 aromatic rings. The summed E-state index contributed by atoms with van der Waals surface area (Å²) < 4.78 is 5.16. The van der Waals surface area contributed by atoms with Crippen LogP contribution in [0.3, 0.4) is 0 Å². The first-order chi connectivity index (χ1) is 10.3. The van der Waals surface area contributed by atoms with Crippen LogP contribution in [0.25, 0.3) is 0 Å². The van der Waals surface area contributed by atoms with Crippen molar-refractivity contribution in [3.8, 4) is 5.75 Å². The van der Waals surface area contributed by atoms with E-state index in [0.29, 0.717) is 11.8 Å². The first kappa shape index (κ1) is 13.6. The lowest BCUT2D eigenvalue weighted by Gasteiger charge is -2.29. The summed E-state index contributed by atoms with van der Waals surface area (Å²) in [6.07, 6.45) is 0. The summed E-state index contributed by atoms with van der Waals surface area (Å²) in [6, 6.07) is 17.7. The molecule has 0 amide bonds. The number of ether oxygens (including phenoxy) is 1. The maximum atomic E-state index is 5.45. The summed E-state index contributed by atoms with van der Waals surface area (Å²) >= 11 is 5.45. The van der Waals surface area contributed by atoms with Crippen molar-refractivity contribution >= 4 is 28.9 Å². The molecule has 1 aliphatic rings. The molecule has 0 aromatic heterocycles. The van der Waals surface area contributed by atoms with Crippen LogP contribution in [0.15, 0.2) is 59.6 Å². The minimum Gasteiger partial charge on any atom is -0.497 e. The Labute approximate surface area is 129 Å². The minimum absolute atomic E-state index is 0.502. The average Bonchev–Trinajstić information content (AvgIpc) is 2.56. The smallest absolute Gasteiger partial charge is 0.180 e. The topological polar surface area (TPSA) is 36.9 Å². The Morgan fingerprint density at radius 1 is 1.10 bits per heavy atom.